The van der Waals surface area contributed by atoms with Gasteiger partial charge in [0.25, 0.3) is 5.91 Å². The summed E-state index contributed by atoms with van der Waals surface area (Å²) in [6, 6.07) is 15.5. The lowest BCUT2D eigenvalue weighted by Crippen LogP contribution is -2.48. The van der Waals surface area contributed by atoms with E-state index < -0.39 is 0 Å². The van der Waals surface area contributed by atoms with Crippen LogP contribution in [0.1, 0.15) is 22.8 Å². The molecule has 0 radical (unpaired) electrons. The molecule has 1 atom stereocenters. The first-order valence-electron chi connectivity index (χ1n) is 9.93. The summed E-state index contributed by atoms with van der Waals surface area (Å²) < 4.78 is 11.8. The zero-order valence-electron chi connectivity index (χ0n) is 17.8. The SMILES string of the molecule is CN(C)CCOCC1(C)COc2ccc(C(=O)N(C)Cc3ccccc3)cc2N1. The fourth-order valence-corrected chi connectivity index (χ4v) is 3.26. The first kappa shape index (κ1) is 21.1. The minimum Gasteiger partial charge on any atom is -0.489 e. The predicted octanol–water partition coefficient (Wildman–Crippen LogP) is 3.10. The van der Waals surface area contributed by atoms with E-state index in [0.717, 1.165) is 23.5 Å². The number of rotatable bonds is 8. The van der Waals surface area contributed by atoms with Crippen molar-refractivity contribution in [2.45, 2.75) is 19.0 Å². The van der Waals surface area contributed by atoms with E-state index in [1.807, 2.05) is 69.7 Å². The largest absolute Gasteiger partial charge is 0.489 e. The van der Waals surface area contributed by atoms with Crippen molar-refractivity contribution in [3.8, 4) is 5.75 Å². The van der Waals surface area contributed by atoms with Crippen LogP contribution in [0.3, 0.4) is 0 Å². The Morgan fingerprint density at radius 2 is 1.93 bits per heavy atom. The molecule has 1 heterocycles. The quantitative estimate of drug-likeness (QED) is 0.694. The molecule has 156 valence electrons. The summed E-state index contributed by atoms with van der Waals surface area (Å²) in [6.07, 6.45) is 0. The second-order valence-electron chi connectivity index (χ2n) is 8.19. The number of carbonyl (C=O) groups excluding carboxylic acids is 1. The number of fused-ring (bicyclic) bond motifs is 1. The molecule has 0 saturated carbocycles. The number of hydrogen-bond donors (Lipinski definition) is 1. The number of nitrogens with zero attached hydrogens (tertiary/aromatic N) is 2. The molecule has 2 aromatic rings. The number of nitrogens with one attached hydrogen (secondary N) is 1. The van der Waals surface area contributed by atoms with Crippen LogP contribution in [0.5, 0.6) is 5.75 Å². The molecule has 29 heavy (non-hydrogen) atoms. The number of benzene rings is 2. The third kappa shape index (κ3) is 5.71. The van der Waals surface area contributed by atoms with Crippen LogP contribution in [-0.4, -0.2) is 68.8 Å². The van der Waals surface area contributed by atoms with E-state index in [9.17, 15) is 4.79 Å². The van der Waals surface area contributed by atoms with Crippen molar-refractivity contribution in [2.24, 2.45) is 0 Å². The average Bonchev–Trinajstić information content (AvgIpc) is 2.70. The van der Waals surface area contributed by atoms with Gasteiger partial charge in [-0.2, -0.15) is 0 Å². The highest BCUT2D eigenvalue weighted by Gasteiger charge is 2.31. The molecule has 0 aromatic heterocycles. The van der Waals surface area contributed by atoms with Gasteiger partial charge in [-0.1, -0.05) is 30.3 Å². The normalized spacial score (nSPS) is 18.0. The van der Waals surface area contributed by atoms with E-state index >= 15 is 0 Å². The van der Waals surface area contributed by atoms with Gasteiger partial charge in [0, 0.05) is 25.7 Å². The molecule has 0 spiro atoms. The fraction of sp³-hybridized carbons (Fsp3) is 0.435. The van der Waals surface area contributed by atoms with Gasteiger partial charge in [0.2, 0.25) is 0 Å². The van der Waals surface area contributed by atoms with Crippen LogP contribution in [0.4, 0.5) is 5.69 Å². The third-order valence-electron chi connectivity index (χ3n) is 4.92. The Morgan fingerprint density at radius 3 is 2.66 bits per heavy atom. The number of carbonyl (C=O) groups is 1. The molecular formula is C23H31N3O3. The van der Waals surface area contributed by atoms with E-state index in [1.54, 1.807) is 4.90 Å². The van der Waals surface area contributed by atoms with Crippen molar-refractivity contribution in [1.29, 1.82) is 0 Å². The molecule has 2 aromatic carbocycles. The summed E-state index contributed by atoms with van der Waals surface area (Å²) in [5.74, 6) is 0.742. The Kier molecular flexibility index (Phi) is 6.77. The molecule has 3 rings (SSSR count). The molecule has 1 unspecified atom stereocenters. The van der Waals surface area contributed by atoms with Crippen molar-refractivity contribution in [1.82, 2.24) is 9.80 Å². The van der Waals surface area contributed by atoms with Crippen LogP contribution in [0.25, 0.3) is 0 Å². The van der Waals surface area contributed by atoms with Crippen molar-refractivity contribution in [2.75, 3.05) is 52.8 Å². The second-order valence-corrected chi connectivity index (χ2v) is 8.19. The molecular weight excluding hydrogens is 366 g/mol. The number of ether oxygens (including phenoxy) is 2. The first-order valence-corrected chi connectivity index (χ1v) is 9.93. The number of anilines is 1. The Balaban J connectivity index is 1.64. The molecule has 0 saturated heterocycles. The van der Waals surface area contributed by atoms with Gasteiger partial charge in [-0.15, -0.1) is 0 Å². The Hall–Kier alpha value is -2.57. The molecule has 1 N–H and O–H groups in total. The highest BCUT2D eigenvalue weighted by Crippen LogP contribution is 2.33. The standard InChI is InChI=1S/C23H31N3O3/c1-23(16-28-13-12-25(2)3)17-29-21-11-10-19(14-20(21)24-23)22(27)26(4)15-18-8-6-5-7-9-18/h5-11,14,24H,12-13,15-17H2,1-4H3. The highest BCUT2D eigenvalue weighted by atomic mass is 16.5. The van der Waals surface area contributed by atoms with Crippen LogP contribution in [0, 0.1) is 0 Å². The number of hydrogen-bond acceptors (Lipinski definition) is 5. The maximum Gasteiger partial charge on any atom is 0.253 e. The summed E-state index contributed by atoms with van der Waals surface area (Å²) in [5.41, 5.74) is 2.23. The maximum absolute atomic E-state index is 12.9. The van der Waals surface area contributed by atoms with Gasteiger partial charge in [0.05, 0.1) is 24.4 Å². The lowest BCUT2D eigenvalue weighted by Gasteiger charge is -2.36. The third-order valence-corrected chi connectivity index (χ3v) is 4.92. The van der Waals surface area contributed by atoms with Crippen molar-refractivity contribution >= 4 is 11.6 Å². The van der Waals surface area contributed by atoms with Gasteiger partial charge in [0.15, 0.2) is 0 Å². The Labute approximate surface area is 173 Å². The van der Waals surface area contributed by atoms with Crippen LogP contribution in [-0.2, 0) is 11.3 Å². The fourth-order valence-electron chi connectivity index (χ4n) is 3.26. The molecule has 0 fully saturated rings. The average molecular weight is 398 g/mol. The van der Waals surface area contributed by atoms with Gasteiger partial charge >= 0.3 is 0 Å². The summed E-state index contributed by atoms with van der Waals surface area (Å²) in [7, 11) is 5.87. The maximum atomic E-state index is 12.9. The van der Waals surface area contributed by atoms with Gasteiger partial charge in [-0.05, 0) is 44.8 Å². The van der Waals surface area contributed by atoms with Crippen molar-refractivity contribution in [3.05, 3.63) is 59.7 Å². The van der Waals surface area contributed by atoms with E-state index in [2.05, 4.69) is 17.1 Å². The molecule has 1 amide bonds. The lowest BCUT2D eigenvalue weighted by molar-refractivity contribution is 0.0645. The molecule has 6 heteroatoms. The van der Waals surface area contributed by atoms with Gasteiger partial charge in [-0.25, -0.2) is 0 Å². The molecule has 1 aliphatic rings. The van der Waals surface area contributed by atoms with Crippen LogP contribution in [0.15, 0.2) is 48.5 Å². The summed E-state index contributed by atoms with van der Waals surface area (Å²) in [4.78, 5) is 16.7. The molecule has 6 nitrogen and oxygen atoms in total. The van der Waals surface area contributed by atoms with Gasteiger partial charge < -0.3 is 24.6 Å². The van der Waals surface area contributed by atoms with Crippen molar-refractivity contribution in [3.63, 3.8) is 0 Å². The summed E-state index contributed by atoms with van der Waals surface area (Å²) in [5, 5.41) is 3.51. The van der Waals surface area contributed by atoms with Crippen LogP contribution < -0.4 is 10.1 Å². The van der Waals surface area contributed by atoms with E-state index in [4.69, 9.17) is 9.47 Å². The zero-order chi connectivity index (χ0) is 20.9. The Morgan fingerprint density at radius 1 is 1.17 bits per heavy atom. The van der Waals surface area contributed by atoms with Crippen molar-refractivity contribution < 1.29 is 14.3 Å². The summed E-state index contributed by atoms with van der Waals surface area (Å²) in [6.45, 7) is 5.23. The molecule has 1 aliphatic heterocycles. The van der Waals surface area contributed by atoms with Gasteiger partial charge in [0.1, 0.15) is 12.4 Å². The van der Waals surface area contributed by atoms with Crippen LogP contribution >= 0.6 is 0 Å². The molecule has 0 bridgehead atoms. The minimum atomic E-state index is -0.336. The Bertz CT molecular complexity index is 825. The minimum absolute atomic E-state index is 0.0204. The highest BCUT2D eigenvalue weighted by molar-refractivity contribution is 5.95. The van der Waals surface area contributed by atoms with E-state index in [0.29, 0.717) is 31.9 Å². The summed E-state index contributed by atoms with van der Waals surface area (Å²) >= 11 is 0. The second kappa shape index (κ2) is 9.29. The monoisotopic (exact) mass is 397 g/mol. The van der Waals surface area contributed by atoms with Gasteiger partial charge in [-0.3, -0.25) is 4.79 Å². The van der Waals surface area contributed by atoms with E-state index in [-0.39, 0.29) is 11.4 Å². The topological polar surface area (TPSA) is 54.0 Å². The number of amides is 1. The van der Waals surface area contributed by atoms with E-state index in [1.165, 1.54) is 0 Å². The number of likely N-dealkylation sites (N-methyl/N-ethyl adjacent to an activating group) is 1. The zero-order valence-corrected chi connectivity index (χ0v) is 17.8. The smallest absolute Gasteiger partial charge is 0.253 e. The predicted molar refractivity (Wildman–Crippen MR) is 116 cm³/mol. The lowest BCUT2D eigenvalue weighted by atomic mass is 10.0. The molecule has 0 aliphatic carbocycles. The van der Waals surface area contributed by atoms with Crippen LogP contribution in [0.2, 0.25) is 0 Å². The first-order chi connectivity index (χ1) is 13.9.